The minimum absolute atomic E-state index is 0.119. The van der Waals surface area contributed by atoms with Crippen molar-refractivity contribution < 1.29 is 40.3 Å². The standard InChI is InChI=1S/C26H22F7N3O3/c1-2-19-22(30)25(38)36-23(35-19)20-17(26(31,32)33)6-4-12(21(20)29)10-34-24(37)14-7-16(8-14)39-11-13-3-5-15(27)9-18(13)28/h3-6,9,14,16H,2,7-8,10-11H2,1H3,(H,34,37)(H,35,36,38). The minimum atomic E-state index is -5.02. The minimum Gasteiger partial charge on any atom is -0.373 e. The summed E-state index contributed by atoms with van der Waals surface area (Å²) >= 11 is 0. The molecule has 1 heterocycles. The number of aryl methyl sites for hydroxylation is 1. The molecule has 13 heteroatoms. The van der Waals surface area contributed by atoms with Crippen LogP contribution in [0.1, 0.15) is 42.1 Å². The summed E-state index contributed by atoms with van der Waals surface area (Å²) < 4.78 is 102. The van der Waals surface area contributed by atoms with Crippen molar-refractivity contribution in [2.24, 2.45) is 5.92 Å². The fraction of sp³-hybridized carbons (Fsp3) is 0.346. The van der Waals surface area contributed by atoms with Gasteiger partial charge in [-0.1, -0.05) is 19.1 Å². The smallest absolute Gasteiger partial charge is 0.373 e. The Bertz CT molecular complexity index is 1450. The molecule has 1 aliphatic rings. The van der Waals surface area contributed by atoms with Crippen molar-refractivity contribution in [3.8, 4) is 11.4 Å². The summed E-state index contributed by atoms with van der Waals surface area (Å²) in [6.07, 6.45) is -4.96. The molecule has 1 aromatic heterocycles. The van der Waals surface area contributed by atoms with Crippen LogP contribution < -0.4 is 10.9 Å². The van der Waals surface area contributed by atoms with Gasteiger partial charge in [-0.15, -0.1) is 0 Å². The topological polar surface area (TPSA) is 84.1 Å². The number of aromatic nitrogens is 2. The van der Waals surface area contributed by atoms with E-state index < -0.39 is 76.0 Å². The summed E-state index contributed by atoms with van der Waals surface area (Å²) in [5.74, 6) is -5.93. The van der Waals surface area contributed by atoms with Gasteiger partial charge in [0.25, 0.3) is 5.56 Å². The number of alkyl halides is 3. The SMILES string of the molecule is CCc1nc(-c2c(C(F)(F)F)ccc(CNC(=O)C3CC(OCc4ccc(F)cc4F)C3)c2F)[nH]c(=O)c1F. The van der Waals surface area contributed by atoms with E-state index in [2.05, 4.69) is 10.3 Å². The highest BCUT2D eigenvalue weighted by atomic mass is 19.4. The van der Waals surface area contributed by atoms with E-state index in [0.717, 1.165) is 18.2 Å². The monoisotopic (exact) mass is 557 g/mol. The Balaban J connectivity index is 1.44. The molecule has 39 heavy (non-hydrogen) atoms. The van der Waals surface area contributed by atoms with E-state index in [4.69, 9.17) is 4.74 Å². The molecule has 0 atom stereocenters. The van der Waals surface area contributed by atoms with Crippen LogP contribution in [-0.2, 0) is 35.3 Å². The number of hydrogen-bond donors (Lipinski definition) is 2. The fourth-order valence-corrected chi connectivity index (χ4v) is 4.17. The number of carbonyl (C=O) groups excluding carboxylic acids is 1. The molecule has 0 bridgehead atoms. The lowest BCUT2D eigenvalue weighted by molar-refractivity contribution is -0.137. The number of amides is 1. The number of H-pyrrole nitrogens is 1. The maximum atomic E-state index is 15.4. The third-order valence-corrected chi connectivity index (χ3v) is 6.44. The lowest BCUT2D eigenvalue weighted by atomic mass is 9.81. The first-order chi connectivity index (χ1) is 18.4. The van der Waals surface area contributed by atoms with Crippen LogP contribution in [0, 0.1) is 29.2 Å². The first-order valence-corrected chi connectivity index (χ1v) is 11.9. The van der Waals surface area contributed by atoms with Crippen molar-refractivity contribution in [2.45, 2.75) is 51.6 Å². The largest absolute Gasteiger partial charge is 0.417 e. The van der Waals surface area contributed by atoms with E-state index in [-0.39, 0.29) is 43.1 Å². The number of nitrogens with zero attached hydrogens (tertiary/aromatic N) is 1. The van der Waals surface area contributed by atoms with Gasteiger partial charge in [0.15, 0.2) is 0 Å². The zero-order valence-corrected chi connectivity index (χ0v) is 20.4. The Labute approximate surface area is 217 Å². The van der Waals surface area contributed by atoms with Gasteiger partial charge in [-0.25, -0.2) is 18.2 Å². The van der Waals surface area contributed by atoms with Gasteiger partial charge in [-0.3, -0.25) is 9.59 Å². The molecule has 4 rings (SSSR count). The quantitative estimate of drug-likeness (QED) is 0.374. The molecule has 0 spiro atoms. The second-order valence-corrected chi connectivity index (χ2v) is 9.04. The molecule has 3 aromatic rings. The summed E-state index contributed by atoms with van der Waals surface area (Å²) in [6.45, 7) is 0.841. The van der Waals surface area contributed by atoms with Gasteiger partial charge in [-0.2, -0.15) is 17.6 Å². The molecule has 0 unspecified atom stereocenters. The number of halogens is 7. The van der Waals surface area contributed by atoms with Crippen molar-refractivity contribution in [1.29, 1.82) is 0 Å². The molecule has 6 nitrogen and oxygen atoms in total. The Morgan fingerprint density at radius 2 is 1.77 bits per heavy atom. The zero-order chi connectivity index (χ0) is 28.5. The highest BCUT2D eigenvalue weighted by Crippen LogP contribution is 2.38. The first-order valence-electron chi connectivity index (χ1n) is 11.9. The van der Waals surface area contributed by atoms with E-state index >= 15 is 4.39 Å². The summed E-state index contributed by atoms with van der Waals surface area (Å²) in [5.41, 5.74) is -4.42. The van der Waals surface area contributed by atoms with Crippen LogP contribution in [0.15, 0.2) is 35.1 Å². The zero-order valence-electron chi connectivity index (χ0n) is 20.4. The van der Waals surface area contributed by atoms with Gasteiger partial charge in [0.1, 0.15) is 23.3 Å². The molecule has 208 valence electrons. The number of carbonyl (C=O) groups is 1. The van der Waals surface area contributed by atoms with E-state index in [0.29, 0.717) is 6.07 Å². The maximum Gasteiger partial charge on any atom is 0.417 e. The summed E-state index contributed by atoms with van der Waals surface area (Å²) in [4.78, 5) is 29.9. The third kappa shape index (κ3) is 6.13. The predicted octanol–water partition coefficient (Wildman–Crippen LogP) is 5.19. The summed E-state index contributed by atoms with van der Waals surface area (Å²) in [7, 11) is 0. The van der Waals surface area contributed by atoms with E-state index in [1.807, 2.05) is 4.98 Å². The molecule has 0 aliphatic heterocycles. The van der Waals surface area contributed by atoms with Crippen LogP contribution in [0.2, 0.25) is 0 Å². The summed E-state index contributed by atoms with van der Waals surface area (Å²) in [6, 6.07) is 4.52. The van der Waals surface area contributed by atoms with Crippen LogP contribution in [0.4, 0.5) is 30.7 Å². The van der Waals surface area contributed by atoms with Crippen LogP contribution in [0.25, 0.3) is 11.4 Å². The number of rotatable bonds is 8. The number of nitrogens with one attached hydrogen (secondary N) is 2. The molecule has 1 fully saturated rings. The van der Waals surface area contributed by atoms with Gasteiger partial charge in [0.2, 0.25) is 11.7 Å². The van der Waals surface area contributed by atoms with Crippen molar-refractivity contribution in [3.63, 3.8) is 0 Å². The number of hydrogen-bond acceptors (Lipinski definition) is 4. The molecule has 1 aliphatic carbocycles. The van der Waals surface area contributed by atoms with Gasteiger partial charge in [-0.05, 0) is 31.4 Å². The van der Waals surface area contributed by atoms with Crippen molar-refractivity contribution in [3.05, 3.63) is 86.3 Å². The van der Waals surface area contributed by atoms with E-state index in [1.165, 1.54) is 13.0 Å². The molecule has 0 saturated heterocycles. The molecule has 2 N–H and O–H groups in total. The Morgan fingerprint density at radius 1 is 1.08 bits per heavy atom. The predicted molar refractivity (Wildman–Crippen MR) is 124 cm³/mol. The molecular weight excluding hydrogens is 535 g/mol. The summed E-state index contributed by atoms with van der Waals surface area (Å²) in [5, 5.41) is 2.46. The first kappa shape index (κ1) is 28.3. The lowest BCUT2D eigenvalue weighted by Crippen LogP contribution is -2.42. The van der Waals surface area contributed by atoms with Crippen LogP contribution in [-0.4, -0.2) is 22.0 Å². The molecule has 1 saturated carbocycles. The number of benzene rings is 2. The van der Waals surface area contributed by atoms with Crippen LogP contribution in [0.3, 0.4) is 0 Å². The molecule has 2 aromatic carbocycles. The number of aromatic amines is 1. The molecule has 1 amide bonds. The Morgan fingerprint density at radius 3 is 2.41 bits per heavy atom. The van der Waals surface area contributed by atoms with Crippen LogP contribution >= 0.6 is 0 Å². The highest BCUT2D eigenvalue weighted by Gasteiger charge is 2.38. The van der Waals surface area contributed by atoms with Gasteiger partial charge in [0, 0.05) is 29.7 Å². The van der Waals surface area contributed by atoms with Gasteiger partial charge < -0.3 is 15.0 Å². The van der Waals surface area contributed by atoms with E-state index in [1.54, 1.807) is 0 Å². The molecule has 0 radical (unpaired) electrons. The number of ether oxygens (including phenoxy) is 1. The molecular formula is C26H22F7N3O3. The Hall–Kier alpha value is -3.74. The fourth-order valence-electron chi connectivity index (χ4n) is 4.17. The van der Waals surface area contributed by atoms with Crippen molar-refractivity contribution >= 4 is 5.91 Å². The van der Waals surface area contributed by atoms with Gasteiger partial charge >= 0.3 is 6.18 Å². The highest BCUT2D eigenvalue weighted by molar-refractivity contribution is 5.79. The Kier molecular flexibility index (Phi) is 8.09. The normalized spacial score (nSPS) is 17.1. The second-order valence-electron chi connectivity index (χ2n) is 9.04. The van der Waals surface area contributed by atoms with Crippen LogP contribution in [0.5, 0.6) is 0 Å². The van der Waals surface area contributed by atoms with Gasteiger partial charge in [0.05, 0.1) is 29.5 Å². The maximum absolute atomic E-state index is 15.4. The third-order valence-electron chi connectivity index (χ3n) is 6.44. The average molecular weight is 557 g/mol. The lowest BCUT2D eigenvalue weighted by Gasteiger charge is -2.34. The van der Waals surface area contributed by atoms with Crippen molar-refractivity contribution in [2.75, 3.05) is 0 Å². The van der Waals surface area contributed by atoms with E-state index in [9.17, 15) is 35.9 Å². The second kappa shape index (κ2) is 11.2. The van der Waals surface area contributed by atoms with Crippen molar-refractivity contribution in [1.82, 2.24) is 15.3 Å². The average Bonchev–Trinajstić information content (AvgIpc) is 2.84.